The Hall–Kier alpha value is -2.18. The largest absolute Gasteiger partial charge is 0.394 e. The molecule has 22 heavy (non-hydrogen) atoms. The van der Waals surface area contributed by atoms with Crippen LogP contribution >= 0.6 is 11.3 Å². The molecule has 0 amide bonds. The van der Waals surface area contributed by atoms with Crippen molar-refractivity contribution in [1.82, 2.24) is 14.8 Å². The van der Waals surface area contributed by atoms with E-state index in [0.717, 1.165) is 29.5 Å². The maximum atomic E-state index is 9.10. The van der Waals surface area contributed by atoms with Crippen LogP contribution < -0.4 is 4.90 Å². The van der Waals surface area contributed by atoms with Gasteiger partial charge < -0.3 is 10.0 Å². The van der Waals surface area contributed by atoms with Crippen LogP contribution in [0.2, 0.25) is 0 Å². The van der Waals surface area contributed by atoms with Crippen molar-refractivity contribution in [2.45, 2.75) is 19.6 Å². The monoisotopic (exact) mass is 312 g/mol. The van der Waals surface area contributed by atoms with Crippen LogP contribution in [0.3, 0.4) is 0 Å². The van der Waals surface area contributed by atoms with Gasteiger partial charge in [-0.3, -0.25) is 4.68 Å². The van der Waals surface area contributed by atoms with Crippen LogP contribution in [0.4, 0.5) is 5.13 Å². The molecule has 0 unspecified atom stereocenters. The van der Waals surface area contributed by atoms with E-state index in [1.165, 1.54) is 11.3 Å². The Kier molecular flexibility index (Phi) is 3.40. The maximum absolute atomic E-state index is 9.10. The number of hydrogen-bond donors (Lipinski definition) is 1. The lowest BCUT2D eigenvalue weighted by Gasteiger charge is -2.14. The molecule has 0 bridgehead atoms. The fourth-order valence-electron chi connectivity index (χ4n) is 2.78. The van der Waals surface area contributed by atoms with Crippen molar-refractivity contribution in [3.63, 3.8) is 0 Å². The van der Waals surface area contributed by atoms with Gasteiger partial charge in [0.15, 0.2) is 5.13 Å². The summed E-state index contributed by atoms with van der Waals surface area (Å²) in [5, 5.41) is 16.6. The van der Waals surface area contributed by atoms with E-state index in [2.05, 4.69) is 27.5 Å². The molecule has 0 spiro atoms. The van der Waals surface area contributed by atoms with Crippen LogP contribution in [0, 0.1) is 0 Å². The van der Waals surface area contributed by atoms with Gasteiger partial charge in [0, 0.05) is 23.1 Å². The molecule has 1 aromatic carbocycles. The van der Waals surface area contributed by atoms with E-state index in [9.17, 15) is 0 Å². The lowest BCUT2D eigenvalue weighted by molar-refractivity contribution is 0.267. The third-order valence-electron chi connectivity index (χ3n) is 3.88. The molecule has 112 valence electrons. The van der Waals surface area contributed by atoms with Crippen LogP contribution in [0.15, 0.2) is 41.9 Å². The zero-order valence-corrected chi connectivity index (χ0v) is 12.8. The van der Waals surface area contributed by atoms with Crippen molar-refractivity contribution in [2.24, 2.45) is 0 Å². The van der Waals surface area contributed by atoms with Crippen molar-refractivity contribution in [1.29, 1.82) is 0 Å². The van der Waals surface area contributed by atoms with Gasteiger partial charge in [-0.25, -0.2) is 4.98 Å². The van der Waals surface area contributed by atoms with Gasteiger partial charge in [0.05, 0.1) is 37.3 Å². The van der Waals surface area contributed by atoms with E-state index < -0.39 is 0 Å². The normalized spacial score (nSPS) is 13.6. The zero-order valence-electron chi connectivity index (χ0n) is 12.0. The highest BCUT2D eigenvalue weighted by Crippen LogP contribution is 2.33. The average molecular weight is 312 g/mol. The number of benzene rings is 1. The molecule has 1 aliphatic rings. The lowest BCUT2D eigenvalue weighted by Crippen LogP contribution is -2.17. The lowest BCUT2D eigenvalue weighted by atomic mass is 10.2. The summed E-state index contributed by atoms with van der Waals surface area (Å²) in [6, 6.07) is 10.2. The molecule has 4 rings (SSSR count). The fraction of sp³-hybridized carbons (Fsp3) is 0.250. The molecular formula is C16H16N4OS. The quantitative estimate of drug-likeness (QED) is 0.804. The minimum atomic E-state index is 0.115. The molecule has 1 N–H and O–H groups in total. The number of fused-ring (bicyclic) bond motifs is 1. The second kappa shape index (κ2) is 5.55. The van der Waals surface area contributed by atoms with E-state index >= 15 is 0 Å². The van der Waals surface area contributed by atoms with Crippen LogP contribution in [0.25, 0.3) is 11.3 Å². The topological polar surface area (TPSA) is 54.2 Å². The smallest absolute Gasteiger partial charge is 0.186 e. The van der Waals surface area contributed by atoms with Gasteiger partial charge in [0.25, 0.3) is 0 Å². The number of thiazole rings is 1. The third-order valence-corrected chi connectivity index (χ3v) is 4.78. The van der Waals surface area contributed by atoms with Gasteiger partial charge in [0.1, 0.15) is 0 Å². The molecule has 3 aromatic rings. The summed E-state index contributed by atoms with van der Waals surface area (Å²) in [5.41, 5.74) is 4.58. The Morgan fingerprint density at radius 3 is 2.86 bits per heavy atom. The second-order valence-electron chi connectivity index (χ2n) is 5.30. The van der Waals surface area contributed by atoms with E-state index in [1.54, 1.807) is 11.3 Å². The van der Waals surface area contributed by atoms with Crippen molar-refractivity contribution >= 4 is 16.5 Å². The van der Waals surface area contributed by atoms with Crippen molar-refractivity contribution in [3.8, 4) is 11.3 Å². The van der Waals surface area contributed by atoms with Gasteiger partial charge in [-0.15, -0.1) is 11.3 Å². The van der Waals surface area contributed by atoms with Crippen molar-refractivity contribution in [3.05, 3.63) is 53.2 Å². The first-order valence-electron chi connectivity index (χ1n) is 7.25. The predicted molar refractivity (Wildman–Crippen MR) is 86.7 cm³/mol. The van der Waals surface area contributed by atoms with Gasteiger partial charge in [-0.2, -0.15) is 5.10 Å². The Morgan fingerprint density at radius 2 is 2.05 bits per heavy atom. The molecule has 0 radical (unpaired) electrons. The maximum Gasteiger partial charge on any atom is 0.186 e. The molecule has 0 fully saturated rings. The van der Waals surface area contributed by atoms with Crippen molar-refractivity contribution < 1.29 is 5.11 Å². The van der Waals surface area contributed by atoms with E-state index in [1.807, 2.05) is 29.1 Å². The van der Waals surface area contributed by atoms with E-state index in [0.29, 0.717) is 6.54 Å². The number of hydrogen-bond acceptors (Lipinski definition) is 5. The van der Waals surface area contributed by atoms with Crippen LogP contribution in [0.1, 0.15) is 11.3 Å². The Labute approximate surface area is 132 Å². The number of anilines is 1. The summed E-state index contributed by atoms with van der Waals surface area (Å²) in [5.74, 6) is 0. The highest BCUT2D eigenvalue weighted by atomic mass is 32.1. The van der Waals surface area contributed by atoms with Crippen LogP contribution in [-0.2, 0) is 19.6 Å². The molecule has 0 atom stereocenters. The molecular weight excluding hydrogens is 296 g/mol. The first-order chi connectivity index (χ1) is 10.8. The fourth-order valence-corrected chi connectivity index (χ4v) is 3.62. The summed E-state index contributed by atoms with van der Waals surface area (Å²) >= 11 is 1.67. The number of aliphatic hydroxyl groups is 1. The Morgan fingerprint density at radius 1 is 1.18 bits per heavy atom. The Bertz CT molecular complexity index is 781. The predicted octanol–water partition coefficient (Wildman–Crippen LogP) is 2.52. The van der Waals surface area contributed by atoms with E-state index in [4.69, 9.17) is 10.1 Å². The van der Waals surface area contributed by atoms with Gasteiger partial charge in [-0.1, -0.05) is 30.3 Å². The summed E-state index contributed by atoms with van der Waals surface area (Å²) in [6.45, 7) is 2.30. The summed E-state index contributed by atoms with van der Waals surface area (Å²) in [4.78, 5) is 7.03. The molecule has 6 heteroatoms. The highest BCUT2D eigenvalue weighted by molar-refractivity contribution is 7.14. The minimum Gasteiger partial charge on any atom is -0.394 e. The Balaban J connectivity index is 1.56. The molecule has 2 aromatic heterocycles. The molecule has 3 heterocycles. The molecule has 0 saturated carbocycles. The minimum absolute atomic E-state index is 0.115. The number of aromatic nitrogens is 3. The van der Waals surface area contributed by atoms with Crippen molar-refractivity contribution in [2.75, 3.05) is 11.5 Å². The first kappa shape index (κ1) is 13.5. The first-order valence-corrected chi connectivity index (χ1v) is 8.13. The van der Waals surface area contributed by atoms with Gasteiger partial charge in [-0.05, 0) is 0 Å². The SMILES string of the molecule is OCCn1ncc2c1CN(c1nc(-c3ccccc3)cs1)C2. The number of nitrogens with zero attached hydrogens (tertiary/aromatic N) is 4. The number of rotatable bonds is 4. The van der Waals surface area contributed by atoms with Crippen LogP contribution in [-0.4, -0.2) is 26.5 Å². The standard InChI is InChI=1S/C16H16N4OS/c21-7-6-20-15-10-19(9-13(15)8-17-20)16-18-14(11-22-16)12-4-2-1-3-5-12/h1-5,8,11,21H,6-7,9-10H2. The summed E-state index contributed by atoms with van der Waals surface area (Å²) in [6.07, 6.45) is 1.90. The molecule has 0 aliphatic carbocycles. The summed E-state index contributed by atoms with van der Waals surface area (Å²) in [7, 11) is 0. The number of aliphatic hydroxyl groups excluding tert-OH is 1. The molecule has 1 aliphatic heterocycles. The summed E-state index contributed by atoms with van der Waals surface area (Å²) < 4.78 is 1.89. The van der Waals surface area contributed by atoms with Crippen LogP contribution in [0.5, 0.6) is 0 Å². The zero-order chi connectivity index (χ0) is 14.9. The highest BCUT2D eigenvalue weighted by Gasteiger charge is 2.25. The third kappa shape index (κ3) is 2.30. The second-order valence-corrected chi connectivity index (χ2v) is 6.14. The average Bonchev–Trinajstić information content (AvgIpc) is 3.24. The van der Waals surface area contributed by atoms with Gasteiger partial charge >= 0.3 is 0 Å². The van der Waals surface area contributed by atoms with Gasteiger partial charge in [0.2, 0.25) is 0 Å². The molecule has 5 nitrogen and oxygen atoms in total. The van der Waals surface area contributed by atoms with E-state index in [-0.39, 0.29) is 6.61 Å². The molecule has 0 saturated heterocycles.